The number of nitrogens with zero attached hydrogens (tertiary/aromatic N) is 3. The minimum Gasteiger partial charge on any atom is -0.471 e. The molecule has 0 unspecified atom stereocenters. The zero-order chi connectivity index (χ0) is 15.2. The Balaban J connectivity index is 2.12. The Labute approximate surface area is 123 Å². The van der Waals surface area contributed by atoms with Crippen molar-refractivity contribution in [3.8, 4) is 11.9 Å². The Morgan fingerprint density at radius 3 is 2.67 bits per heavy atom. The van der Waals surface area contributed by atoms with Crippen LogP contribution in [0.3, 0.4) is 0 Å². The van der Waals surface area contributed by atoms with Crippen LogP contribution in [-0.4, -0.2) is 23.5 Å². The third kappa shape index (κ3) is 3.52. The van der Waals surface area contributed by atoms with Gasteiger partial charge < -0.3 is 15.2 Å². The van der Waals surface area contributed by atoms with Gasteiger partial charge in [0.05, 0.1) is 13.2 Å². The molecule has 110 valence electrons. The van der Waals surface area contributed by atoms with Crippen molar-refractivity contribution in [2.24, 2.45) is 0 Å². The number of benzene rings is 1. The third-order valence-electron chi connectivity index (χ3n) is 3.07. The van der Waals surface area contributed by atoms with E-state index in [0.717, 1.165) is 5.56 Å². The van der Waals surface area contributed by atoms with Crippen molar-refractivity contribution in [2.75, 3.05) is 19.5 Å². The molecule has 0 fully saturated rings. The van der Waals surface area contributed by atoms with E-state index < -0.39 is 0 Å². The summed E-state index contributed by atoms with van der Waals surface area (Å²) in [6.45, 7) is 3.31. The van der Waals surface area contributed by atoms with E-state index in [-0.39, 0.29) is 11.4 Å². The molecule has 0 saturated heterocycles. The maximum absolute atomic E-state index is 9.18. The van der Waals surface area contributed by atoms with Crippen LogP contribution >= 0.6 is 0 Å². The molecule has 1 heterocycles. The first-order valence-corrected chi connectivity index (χ1v) is 6.59. The molecular weight excluding hydrogens is 268 g/mol. The summed E-state index contributed by atoms with van der Waals surface area (Å²) in [7, 11) is 1.60. The van der Waals surface area contributed by atoms with E-state index in [9.17, 15) is 5.26 Å². The molecule has 0 radical (unpaired) electrons. The Morgan fingerprint density at radius 1 is 1.33 bits per heavy atom. The molecule has 1 aromatic carbocycles. The highest BCUT2D eigenvalue weighted by molar-refractivity contribution is 5.55. The third-order valence-corrected chi connectivity index (χ3v) is 3.07. The predicted molar refractivity (Wildman–Crippen MR) is 78.7 cm³/mol. The number of ether oxygens (including phenoxy) is 2. The van der Waals surface area contributed by atoms with Gasteiger partial charge in [-0.05, 0) is 12.5 Å². The van der Waals surface area contributed by atoms with Crippen molar-refractivity contribution in [3.05, 3.63) is 41.0 Å². The van der Waals surface area contributed by atoms with E-state index in [1.165, 1.54) is 10.2 Å². The average Bonchev–Trinajstić information content (AvgIpc) is 2.80. The maximum Gasteiger partial charge on any atom is 0.253 e. The Hall–Kier alpha value is -2.52. The van der Waals surface area contributed by atoms with Crippen LogP contribution < -0.4 is 10.5 Å². The zero-order valence-electron chi connectivity index (χ0n) is 12.2. The van der Waals surface area contributed by atoms with E-state index in [1.54, 1.807) is 7.11 Å². The SMILES string of the molecule is COCCn1nc(OCc2ccc(C)cc2)c(C#N)c1N. The average molecular weight is 286 g/mol. The number of hydrogen-bond donors (Lipinski definition) is 1. The van der Waals surface area contributed by atoms with Crippen LogP contribution in [0.1, 0.15) is 16.7 Å². The molecule has 0 bridgehead atoms. The van der Waals surface area contributed by atoms with E-state index in [2.05, 4.69) is 5.10 Å². The molecule has 2 rings (SSSR count). The van der Waals surface area contributed by atoms with Gasteiger partial charge in [0.15, 0.2) is 5.56 Å². The van der Waals surface area contributed by atoms with Crippen molar-refractivity contribution in [1.82, 2.24) is 9.78 Å². The first-order valence-electron chi connectivity index (χ1n) is 6.59. The summed E-state index contributed by atoms with van der Waals surface area (Å²) >= 11 is 0. The maximum atomic E-state index is 9.18. The molecule has 2 aromatic rings. The minimum atomic E-state index is 0.256. The van der Waals surface area contributed by atoms with Crippen LogP contribution in [0, 0.1) is 18.3 Å². The lowest BCUT2D eigenvalue weighted by molar-refractivity contribution is 0.183. The number of nitriles is 1. The second-order valence-electron chi connectivity index (χ2n) is 4.67. The number of aromatic nitrogens is 2. The lowest BCUT2D eigenvalue weighted by Gasteiger charge is -2.04. The number of methoxy groups -OCH3 is 1. The van der Waals surface area contributed by atoms with Gasteiger partial charge in [-0.2, -0.15) is 5.26 Å². The molecule has 0 saturated carbocycles. The molecule has 0 spiro atoms. The topological polar surface area (TPSA) is 86.1 Å². The summed E-state index contributed by atoms with van der Waals surface area (Å²) in [4.78, 5) is 0. The van der Waals surface area contributed by atoms with E-state index in [1.807, 2.05) is 37.3 Å². The summed E-state index contributed by atoms with van der Waals surface area (Å²) in [6.07, 6.45) is 0. The monoisotopic (exact) mass is 286 g/mol. The van der Waals surface area contributed by atoms with Crippen molar-refractivity contribution in [1.29, 1.82) is 5.26 Å². The fourth-order valence-electron chi connectivity index (χ4n) is 1.84. The molecular formula is C15H18N4O2. The second-order valence-corrected chi connectivity index (χ2v) is 4.67. The van der Waals surface area contributed by atoms with Crippen LogP contribution in [0.2, 0.25) is 0 Å². The Morgan fingerprint density at radius 2 is 2.05 bits per heavy atom. The molecule has 1 aromatic heterocycles. The van der Waals surface area contributed by atoms with Gasteiger partial charge in [-0.15, -0.1) is 5.10 Å². The highest BCUT2D eigenvalue weighted by Gasteiger charge is 2.16. The van der Waals surface area contributed by atoms with Gasteiger partial charge in [0, 0.05) is 7.11 Å². The van der Waals surface area contributed by atoms with Crippen molar-refractivity contribution >= 4 is 5.82 Å². The van der Waals surface area contributed by atoms with Gasteiger partial charge in [0.1, 0.15) is 18.5 Å². The number of hydrogen-bond acceptors (Lipinski definition) is 5. The molecule has 0 atom stereocenters. The molecule has 0 amide bonds. The minimum absolute atomic E-state index is 0.256. The first kappa shape index (κ1) is 14.9. The highest BCUT2D eigenvalue weighted by Crippen LogP contribution is 2.23. The van der Waals surface area contributed by atoms with Gasteiger partial charge in [-0.3, -0.25) is 0 Å². The molecule has 6 heteroatoms. The quantitative estimate of drug-likeness (QED) is 0.876. The Bertz CT molecular complexity index is 641. The summed E-state index contributed by atoms with van der Waals surface area (Å²) in [5, 5.41) is 13.4. The number of nitrogen functional groups attached to an aromatic ring is 1. The van der Waals surface area contributed by atoms with E-state index in [4.69, 9.17) is 15.2 Å². The fourth-order valence-corrected chi connectivity index (χ4v) is 1.84. The van der Waals surface area contributed by atoms with Gasteiger partial charge in [-0.25, -0.2) is 4.68 Å². The summed E-state index contributed by atoms with van der Waals surface area (Å²) in [5.74, 6) is 0.556. The highest BCUT2D eigenvalue weighted by atomic mass is 16.5. The van der Waals surface area contributed by atoms with Gasteiger partial charge in [-0.1, -0.05) is 29.8 Å². The summed E-state index contributed by atoms with van der Waals surface area (Å²) < 4.78 is 12.1. The molecule has 0 aliphatic rings. The molecule has 6 nitrogen and oxygen atoms in total. The van der Waals surface area contributed by atoms with Crippen LogP contribution in [-0.2, 0) is 17.9 Å². The first-order chi connectivity index (χ1) is 10.2. The summed E-state index contributed by atoms with van der Waals surface area (Å²) in [5.41, 5.74) is 8.34. The van der Waals surface area contributed by atoms with Crippen LogP contribution in [0.15, 0.2) is 24.3 Å². The lowest BCUT2D eigenvalue weighted by atomic mass is 10.2. The zero-order valence-corrected chi connectivity index (χ0v) is 12.2. The fraction of sp³-hybridized carbons (Fsp3) is 0.333. The van der Waals surface area contributed by atoms with Crippen molar-refractivity contribution < 1.29 is 9.47 Å². The number of nitrogens with two attached hydrogens (primary N) is 1. The van der Waals surface area contributed by atoms with E-state index >= 15 is 0 Å². The summed E-state index contributed by atoms with van der Waals surface area (Å²) in [6, 6.07) is 10.0. The van der Waals surface area contributed by atoms with Gasteiger partial charge >= 0.3 is 0 Å². The van der Waals surface area contributed by atoms with Crippen molar-refractivity contribution in [2.45, 2.75) is 20.1 Å². The number of aryl methyl sites for hydroxylation is 1. The lowest BCUT2D eigenvalue weighted by Crippen LogP contribution is -2.09. The molecule has 0 aliphatic heterocycles. The van der Waals surface area contributed by atoms with E-state index in [0.29, 0.717) is 25.6 Å². The van der Waals surface area contributed by atoms with Crippen LogP contribution in [0.25, 0.3) is 0 Å². The number of rotatable bonds is 6. The largest absolute Gasteiger partial charge is 0.471 e. The Kier molecular flexibility index (Phi) is 4.80. The number of anilines is 1. The molecule has 21 heavy (non-hydrogen) atoms. The van der Waals surface area contributed by atoms with Gasteiger partial charge in [0.25, 0.3) is 5.88 Å². The standard InChI is InChI=1S/C15H18N4O2/c1-11-3-5-12(6-4-11)10-21-15-13(9-16)14(17)19(18-15)7-8-20-2/h3-6H,7-8,10,17H2,1-2H3. The predicted octanol–water partition coefficient (Wildman–Crippen LogP) is 1.87. The molecule has 2 N–H and O–H groups in total. The van der Waals surface area contributed by atoms with Crippen LogP contribution in [0.5, 0.6) is 5.88 Å². The smallest absolute Gasteiger partial charge is 0.253 e. The second kappa shape index (κ2) is 6.77. The van der Waals surface area contributed by atoms with Crippen molar-refractivity contribution in [3.63, 3.8) is 0 Å². The van der Waals surface area contributed by atoms with Gasteiger partial charge in [0.2, 0.25) is 0 Å². The normalized spacial score (nSPS) is 10.3. The van der Waals surface area contributed by atoms with Crippen LogP contribution in [0.4, 0.5) is 5.82 Å². The molecule has 0 aliphatic carbocycles.